The first-order chi connectivity index (χ1) is 10.2. The van der Waals surface area contributed by atoms with Crippen molar-refractivity contribution in [1.82, 2.24) is 0 Å². The maximum atomic E-state index is 5.18. The first kappa shape index (κ1) is 13.4. The molecule has 1 fully saturated rings. The van der Waals surface area contributed by atoms with Gasteiger partial charge in [0.05, 0.1) is 10.6 Å². The molecule has 2 atom stereocenters. The highest BCUT2D eigenvalue weighted by Crippen LogP contribution is 2.50. The van der Waals surface area contributed by atoms with Crippen molar-refractivity contribution < 1.29 is 0 Å². The molecule has 2 heteroatoms. The van der Waals surface area contributed by atoms with Crippen molar-refractivity contribution in [3.8, 4) is 0 Å². The molecule has 1 aliphatic heterocycles. The van der Waals surface area contributed by atoms with Gasteiger partial charge in [0.25, 0.3) is 0 Å². The number of fused-ring (bicyclic) bond motifs is 5. The lowest BCUT2D eigenvalue weighted by molar-refractivity contribution is 0.275. The summed E-state index contributed by atoms with van der Waals surface area (Å²) in [5.41, 5.74) is 3.05. The third-order valence-corrected chi connectivity index (χ3v) is 5.97. The van der Waals surface area contributed by atoms with Crippen LogP contribution in [0.15, 0.2) is 41.4 Å². The molecular weight excluding hydrogens is 274 g/mol. The van der Waals surface area contributed by atoms with Crippen LogP contribution in [0.4, 0.5) is 0 Å². The number of thioether (sulfide) groups is 1. The van der Waals surface area contributed by atoms with Crippen molar-refractivity contribution in [2.75, 3.05) is 6.26 Å². The molecule has 0 N–H and O–H groups in total. The molecule has 2 aromatic rings. The lowest BCUT2D eigenvalue weighted by Gasteiger charge is -2.43. The minimum absolute atomic E-state index is 0.105. The monoisotopic (exact) mass is 295 g/mol. The highest BCUT2D eigenvalue weighted by molar-refractivity contribution is 8.13. The number of hydrogen-bond donors (Lipinski definition) is 0. The van der Waals surface area contributed by atoms with Gasteiger partial charge >= 0.3 is 0 Å². The molecule has 21 heavy (non-hydrogen) atoms. The molecule has 4 rings (SSSR count). The normalized spacial score (nSPS) is 27.9. The molecule has 0 unspecified atom stereocenters. The van der Waals surface area contributed by atoms with Gasteiger partial charge in [0.15, 0.2) is 0 Å². The summed E-state index contributed by atoms with van der Waals surface area (Å²) in [4.78, 5) is 5.18. The molecule has 0 amide bonds. The second-order valence-electron chi connectivity index (χ2n) is 6.52. The van der Waals surface area contributed by atoms with E-state index in [0.717, 1.165) is 0 Å². The molecular formula is C19H21NS. The van der Waals surface area contributed by atoms with Crippen LogP contribution >= 0.6 is 11.8 Å². The van der Waals surface area contributed by atoms with E-state index in [1.54, 1.807) is 17.3 Å². The Morgan fingerprint density at radius 2 is 2.00 bits per heavy atom. The van der Waals surface area contributed by atoms with E-state index in [1.807, 2.05) is 0 Å². The molecule has 0 saturated heterocycles. The van der Waals surface area contributed by atoms with Crippen molar-refractivity contribution in [3.63, 3.8) is 0 Å². The van der Waals surface area contributed by atoms with E-state index in [-0.39, 0.29) is 5.54 Å². The maximum absolute atomic E-state index is 5.18. The summed E-state index contributed by atoms with van der Waals surface area (Å²) in [5, 5.41) is 4.04. The number of rotatable bonds is 0. The molecule has 1 nitrogen and oxygen atoms in total. The van der Waals surface area contributed by atoms with Gasteiger partial charge in [-0.1, -0.05) is 49.2 Å². The minimum atomic E-state index is 0.105. The zero-order valence-electron chi connectivity index (χ0n) is 12.7. The first-order valence-corrected chi connectivity index (χ1v) is 9.11. The highest BCUT2D eigenvalue weighted by Gasteiger charge is 2.42. The molecule has 108 valence electrons. The number of benzene rings is 2. The Morgan fingerprint density at radius 1 is 1.14 bits per heavy atom. The smallest absolute Gasteiger partial charge is 0.0984 e. The van der Waals surface area contributed by atoms with Crippen molar-refractivity contribution >= 4 is 27.6 Å². The summed E-state index contributed by atoms with van der Waals surface area (Å²) in [5.74, 6) is 0.586. The van der Waals surface area contributed by atoms with Crippen molar-refractivity contribution in [1.29, 1.82) is 0 Å². The predicted molar refractivity (Wildman–Crippen MR) is 93.6 cm³/mol. The van der Waals surface area contributed by atoms with Crippen LogP contribution in [0, 0.1) is 0 Å². The Morgan fingerprint density at radius 3 is 2.86 bits per heavy atom. The molecule has 1 saturated carbocycles. The van der Waals surface area contributed by atoms with E-state index in [4.69, 9.17) is 4.99 Å². The lowest BCUT2D eigenvalue weighted by Crippen LogP contribution is -2.38. The van der Waals surface area contributed by atoms with Gasteiger partial charge in [0.1, 0.15) is 0 Å². The van der Waals surface area contributed by atoms with Crippen LogP contribution in [0.2, 0.25) is 0 Å². The minimum Gasteiger partial charge on any atom is -0.271 e. The molecule has 2 aliphatic rings. The van der Waals surface area contributed by atoms with Crippen LogP contribution in [0.3, 0.4) is 0 Å². The maximum Gasteiger partial charge on any atom is 0.0984 e. The van der Waals surface area contributed by atoms with Gasteiger partial charge in [0.2, 0.25) is 0 Å². The Labute approximate surface area is 130 Å². The fourth-order valence-electron chi connectivity index (χ4n) is 4.21. The molecule has 0 bridgehead atoms. The summed E-state index contributed by atoms with van der Waals surface area (Å²) < 4.78 is 0. The summed E-state index contributed by atoms with van der Waals surface area (Å²) in [6.45, 7) is 2.37. The van der Waals surface area contributed by atoms with E-state index in [1.165, 1.54) is 47.1 Å². The second kappa shape index (κ2) is 4.88. The van der Waals surface area contributed by atoms with Crippen LogP contribution in [-0.4, -0.2) is 16.8 Å². The lowest BCUT2D eigenvalue weighted by atomic mass is 9.67. The quantitative estimate of drug-likeness (QED) is 0.635. The average molecular weight is 295 g/mol. The van der Waals surface area contributed by atoms with E-state index >= 15 is 0 Å². The predicted octanol–water partition coefficient (Wildman–Crippen LogP) is 5.38. The largest absolute Gasteiger partial charge is 0.271 e. The van der Waals surface area contributed by atoms with Gasteiger partial charge in [0, 0.05) is 11.5 Å². The molecule has 0 spiro atoms. The van der Waals surface area contributed by atoms with Gasteiger partial charge < -0.3 is 0 Å². The zero-order valence-corrected chi connectivity index (χ0v) is 13.5. The van der Waals surface area contributed by atoms with Gasteiger partial charge in [-0.2, -0.15) is 0 Å². The Bertz CT molecular complexity index is 733. The van der Waals surface area contributed by atoms with Crippen LogP contribution in [0.1, 0.15) is 49.7 Å². The average Bonchev–Trinajstić information content (AvgIpc) is 2.53. The number of aliphatic imine (C=N–C) groups is 1. The van der Waals surface area contributed by atoms with E-state index in [9.17, 15) is 0 Å². The third-order valence-electron chi connectivity index (χ3n) is 5.28. The standard InChI is InChI=1S/C19H21NS/c1-19-12-6-5-9-16(19)17-14-8-4-3-7-13(14)10-11-15(17)18(20-19)21-2/h3-4,7-8,10-11,16H,5-6,9,12H2,1-2H3/t16-,19+/m0/s1. The number of hydrogen-bond acceptors (Lipinski definition) is 2. The summed E-state index contributed by atoms with van der Waals surface area (Å²) in [6.07, 6.45) is 7.32. The van der Waals surface area contributed by atoms with E-state index in [2.05, 4.69) is 49.6 Å². The van der Waals surface area contributed by atoms with E-state index < -0.39 is 0 Å². The Kier molecular flexibility index (Phi) is 3.11. The summed E-state index contributed by atoms with van der Waals surface area (Å²) in [7, 11) is 0. The fraction of sp³-hybridized carbons (Fsp3) is 0.421. The topological polar surface area (TPSA) is 12.4 Å². The third kappa shape index (κ3) is 1.96. The summed E-state index contributed by atoms with van der Waals surface area (Å²) >= 11 is 1.80. The Hall–Kier alpha value is -1.28. The van der Waals surface area contributed by atoms with Gasteiger partial charge in [-0.15, -0.1) is 11.8 Å². The van der Waals surface area contributed by atoms with Crippen molar-refractivity contribution in [2.45, 2.75) is 44.1 Å². The SMILES string of the molecule is CSC1=N[C@]2(C)CCCC[C@H]2c2c1ccc1ccccc21. The molecule has 0 radical (unpaired) electrons. The summed E-state index contributed by atoms with van der Waals surface area (Å²) in [6, 6.07) is 13.4. The van der Waals surface area contributed by atoms with Crippen LogP contribution < -0.4 is 0 Å². The zero-order chi connectivity index (χ0) is 14.4. The van der Waals surface area contributed by atoms with Gasteiger partial charge in [-0.3, -0.25) is 4.99 Å². The second-order valence-corrected chi connectivity index (χ2v) is 7.32. The van der Waals surface area contributed by atoms with Crippen LogP contribution in [0.5, 0.6) is 0 Å². The van der Waals surface area contributed by atoms with E-state index in [0.29, 0.717) is 5.92 Å². The van der Waals surface area contributed by atoms with Crippen molar-refractivity contribution in [2.24, 2.45) is 4.99 Å². The molecule has 2 aromatic carbocycles. The Balaban J connectivity index is 2.04. The fourth-order valence-corrected chi connectivity index (χ4v) is 4.91. The molecule has 0 aromatic heterocycles. The number of nitrogens with zero attached hydrogens (tertiary/aromatic N) is 1. The van der Waals surface area contributed by atoms with Crippen LogP contribution in [-0.2, 0) is 0 Å². The van der Waals surface area contributed by atoms with Gasteiger partial charge in [-0.05, 0) is 42.4 Å². The molecule has 1 aliphatic carbocycles. The highest BCUT2D eigenvalue weighted by atomic mass is 32.2. The first-order valence-electron chi connectivity index (χ1n) is 7.89. The van der Waals surface area contributed by atoms with Gasteiger partial charge in [-0.25, -0.2) is 0 Å². The van der Waals surface area contributed by atoms with Crippen molar-refractivity contribution in [3.05, 3.63) is 47.5 Å². The molecule has 1 heterocycles. The van der Waals surface area contributed by atoms with Crippen LogP contribution in [0.25, 0.3) is 10.8 Å².